The van der Waals surface area contributed by atoms with Crippen LogP contribution in [0, 0.1) is 5.92 Å². The fraction of sp³-hybridized carbons (Fsp3) is 0.250. The molecule has 0 aliphatic carbocycles. The Morgan fingerprint density at radius 1 is 1.12 bits per heavy atom. The highest BCUT2D eigenvalue weighted by molar-refractivity contribution is 9.10. The number of carbonyl (C=O) groups is 1. The molecule has 0 aliphatic rings. The van der Waals surface area contributed by atoms with E-state index in [1.807, 2.05) is 12.1 Å². The van der Waals surface area contributed by atoms with Gasteiger partial charge in [0.05, 0.1) is 11.6 Å². The predicted octanol–water partition coefficient (Wildman–Crippen LogP) is 5.74. The van der Waals surface area contributed by atoms with Crippen LogP contribution in [0.1, 0.15) is 42.2 Å². The highest BCUT2D eigenvalue weighted by atomic mass is 79.9. The summed E-state index contributed by atoms with van der Waals surface area (Å²) in [6.07, 6.45) is 3.11. The van der Waals surface area contributed by atoms with Crippen molar-refractivity contribution in [1.82, 2.24) is 4.57 Å². The van der Waals surface area contributed by atoms with Gasteiger partial charge in [0.15, 0.2) is 0 Å². The molecule has 0 spiro atoms. The molecule has 1 atom stereocenters. The summed E-state index contributed by atoms with van der Waals surface area (Å²) in [6.45, 7) is 4.42. The van der Waals surface area contributed by atoms with E-state index in [0.29, 0.717) is 11.5 Å². The first kappa shape index (κ1) is 16.8. The Morgan fingerprint density at radius 2 is 1.83 bits per heavy atom. The number of carboxylic acids is 1. The van der Waals surface area contributed by atoms with E-state index in [0.717, 1.165) is 16.5 Å². The lowest BCUT2D eigenvalue weighted by Crippen LogP contribution is -2.12. The molecule has 0 amide bonds. The van der Waals surface area contributed by atoms with Gasteiger partial charge in [-0.15, -0.1) is 0 Å². The number of carboxylic acid groups (broad SMARTS) is 1. The summed E-state index contributed by atoms with van der Waals surface area (Å²) in [5.41, 5.74) is 2.64. The molecule has 0 bridgehead atoms. The summed E-state index contributed by atoms with van der Waals surface area (Å²) in [5, 5.41) is 10.3. The summed E-state index contributed by atoms with van der Waals surface area (Å²) in [4.78, 5) is 11.1. The standard InChI is InChI=1S/C20H20BrNO2/c1-13(2)11-19(14-3-5-15(6-4-14)20(23)24)22-10-9-16-12-17(21)7-8-18(16)22/h3-10,12-13,19H,11H2,1-2H3,(H,23,24). The van der Waals surface area contributed by atoms with Crippen LogP contribution in [0.3, 0.4) is 0 Å². The fourth-order valence-corrected chi connectivity index (χ4v) is 3.49. The molecular weight excluding hydrogens is 366 g/mol. The van der Waals surface area contributed by atoms with Crippen molar-refractivity contribution >= 4 is 32.8 Å². The average Bonchev–Trinajstić information content (AvgIpc) is 2.95. The number of aromatic carboxylic acids is 1. The first-order valence-electron chi connectivity index (χ1n) is 8.05. The van der Waals surface area contributed by atoms with Crippen molar-refractivity contribution in [2.45, 2.75) is 26.3 Å². The van der Waals surface area contributed by atoms with E-state index < -0.39 is 5.97 Å². The van der Waals surface area contributed by atoms with Gasteiger partial charge in [-0.3, -0.25) is 0 Å². The van der Waals surface area contributed by atoms with Crippen molar-refractivity contribution in [3.63, 3.8) is 0 Å². The maximum Gasteiger partial charge on any atom is 0.335 e. The third-order valence-electron chi connectivity index (χ3n) is 4.26. The van der Waals surface area contributed by atoms with Crippen LogP contribution < -0.4 is 0 Å². The van der Waals surface area contributed by atoms with Crippen LogP contribution in [-0.4, -0.2) is 15.6 Å². The number of nitrogens with zero attached hydrogens (tertiary/aromatic N) is 1. The van der Waals surface area contributed by atoms with E-state index in [1.165, 1.54) is 10.9 Å². The first-order valence-corrected chi connectivity index (χ1v) is 8.84. The van der Waals surface area contributed by atoms with Crippen LogP contribution in [0.5, 0.6) is 0 Å². The number of benzene rings is 2. The van der Waals surface area contributed by atoms with Crippen molar-refractivity contribution in [1.29, 1.82) is 0 Å². The van der Waals surface area contributed by atoms with Gasteiger partial charge >= 0.3 is 5.97 Å². The molecular formula is C20H20BrNO2. The monoisotopic (exact) mass is 385 g/mol. The van der Waals surface area contributed by atoms with Gasteiger partial charge < -0.3 is 9.67 Å². The molecule has 3 aromatic rings. The maximum absolute atomic E-state index is 11.1. The quantitative estimate of drug-likeness (QED) is 0.608. The van der Waals surface area contributed by atoms with E-state index in [4.69, 9.17) is 5.11 Å². The molecule has 3 nitrogen and oxygen atoms in total. The molecule has 0 saturated heterocycles. The van der Waals surface area contributed by atoms with E-state index in [9.17, 15) is 4.79 Å². The van der Waals surface area contributed by atoms with Crippen LogP contribution in [0.25, 0.3) is 10.9 Å². The molecule has 0 radical (unpaired) electrons. The van der Waals surface area contributed by atoms with Gasteiger partial charge in [0.25, 0.3) is 0 Å². The SMILES string of the molecule is CC(C)CC(c1ccc(C(=O)O)cc1)n1ccc2cc(Br)ccc21. The number of aromatic nitrogens is 1. The van der Waals surface area contributed by atoms with Crippen molar-refractivity contribution in [2.75, 3.05) is 0 Å². The summed E-state index contributed by atoms with van der Waals surface area (Å²) < 4.78 is 3.36. The van der Waals surface area contributed by atoms with E-state index in [2.05, 4.69) is 64.8 Å². The third kappa shape index (κ3) is 3.39. The Bertz CT molecular complexity index is 865. The van der Waals surface area contributed by atoms with Crippen LogP contribution >= 0.6 is 15.9 Å². The number of hydrogen-bond donors (Lipinski definition) is 1. The summed E-state index contributed by atoms with van der Waals surface area (Å²) >= 11 is 3.52. The van der Waals surface area contributed by atoms with Gasteiger partial charge in [0.1, 0.15) is 0 Å². The molecule has 0 aliphatic heterocycles. The molecule has 2 aromatic carbocycles. The lowest BCUT2D eigenvalue weighted by Gasteiger charge is -2.23. The Balaban J connectivity index is 2.06. The zero-order chi connectivity index (χ0) is 17.3. The van der Waals surface area contributed by atoms with Crippen molar-refractivity contribution < 1.29 is 9.90 Å². The molecule has 0 fully saturated rings. The van der Waals surface area contributed by atoms with Gasteiger partial charge in [0.2, 0.25) is 0 Å². The lowest BCUT2D eigenvalue weighted by molar-refractivity contribution is 0.0697. The molecule has 4 heteroatoms. The van der Waals surface area contributed by atoms with Crippen molar-refractivity contribution in [3.05, 3.63) is 70.3 Å². The summed E-state index contributed by atoms with van der Waals surface area (Å²) in [7, 11) is 0. The zero-order valence-corrected chi connectivity index (χ0v) is 15.3. The first-order chi connectivity index (χ1) is 11.5. The summed E-state index contributed by atoms with van der Waals surface area (Å²) in [6, 6.07) is 15.8. The fourth-order valence-electron chi connectivity index (χ4n) is 3.11. The van der Waals surface area contributed by atoms with Crippen molar-refractivity contribution in [2.24, 2.45) is 5.92 Å². The highest BCUT2D eigenvalue weighted by Crippen LogP contribution is 2.31. The minimum atomic E-state index is -0.891. The lowest BCUT2D eigenvalue weighted by atomic mass is 9.96. The second-order valence-corrected chi connectivity index (χ2v) is 7.41. The normalized spacial score (nSPS) is 12.7. The molecule has 1 heterocycles. The molecule has 1 unspecified atom stereocenters. The molecule has 124 valence electrons. The topological polar surface area (TPSA) is 42.2 Å². The minimum absolute atomic E-state index is 0.187. The average molecular weight is 386 g/mol. The Hall–Kier alpha value is -2.07. The second kappa shape index (κ2) is 6.81. The Labute approximate surface area is 150 Å². The van der Waals surface area contributed by atoms with E-state index in [-0.39, 0.29) is 6.04 Å². The largest absolute Gasteiger partial charge is 0.478 e. The van der Waals surface area contributed by atoms with Crippen molar-refractivity contribution in [3.8, 4) is 0 Å². The molecule has 1 N–H and O–H groups in total. The molecule has 3 rings (SSSR count). The smallest absolute Gasteiger partial charge is 0.335 e. The predicted molar refractivity (Wildman–Crippen MR) is 101 cm³/mol. The third-order valence-corrected chi connectivity index (χ3v) is 4.75. The summed E-state index contributed by atoms with van der Waals surface area (Å²) in [5.74, 6) is -0.361. The number of halogens is 1. The van der Waals surface area contributed by atoms with E-state index in [1.54, 1.807) is 12.1 Å². The van der Waals surface area contributed by atoms with Crippen LogP contribution in [-0.2, 0) is 0 Å². The van der Waals surface area contributed by atoms with Gasteiger partial charge in [-0.2, -0.15) is 0 Å². The zero-order valence-electron chi connectivity index (χ0n) is 13.7. The molecule has 0 saturated carbocycles. The Kier molecular flexibility index (Phi) is 4.76. The molecule has 1 aromatic heterocycles. The number of hydrogen-bond acceptors (Lipinski definition) is 1. The number of fused-ring (bicyclic) bond motifs is 1. The maximum atomic E-state index is 11.1. The second-order valence-electron chi connectivity index (χ2n) is 6.50. The Morgan fingerprint density at radius 3 is 2.46 bits per heavy atom. The minimum Gasteiger partial charge on any atom is -0.478 e. The van der Waals surface area contributed by atoms with E-state index >= 15 is 0 Å². The van der Waals surface area contributed by atoms with Crippen LogP contribution in [0.15, 0.2) is 59.2 Å². The van der Waals surface area contributed by atoms with Gasteiger partial charge in [-0.1, -0.05) is 41.9 Å². The van der Waals surface area contributed by atoms with Gasteiger partial charge in [0, 0.05) is 21.6 Å². The van der Waals surface area contributed by atoms with Crippen LogP contribution in [0.4, 0.5) is 0 Å². The van der Waals surface area contributed by atoms with Gasteiger partial charge in [-0.25, -0.2) is 4.79 Å². The highest BCUT2D eigenvalue weighted by Gasteiger charge is 2.18. The number of rotatable bonds is 5. The molecule has 24 heavy (non-hydrogen) atoms. The van der Waals surface area contributed by atoms with Gasteiger partial charge in [-0.05, 0) is 54.3 Å². The van der Waals surface area contributed by atoms with Crippen LogP contribution in [0.2, 0.25) is 0 Å².